The van der Waals surface area contributed by atoms with Gasteiger partial charge in [0.1, 0.15) is 11.4 Å². The molecular formula is C30H36N6O5. The van der Waals surface area contributed by atoms with E-state index < -0.39 is 17.7 Å². The summed E-state index contributed by atoms with van der Waals surface area (Å²) in [5.41, 5.74) is 2.95. The molecule has 0 bridgehead atoms. The van der Waals surface area contributed by atoms with Gasteiger partial charge in [0.2, 0.25) is 5.88 Å². The molecule has 2 atom stereocenters. The predicted octanol–water partition coefficient (Wildman–Crippen LogP) is 5.19. The number of aliphatic hydroxyl groups is 1. The van der Waals surface area contributed by atoms with Crippen molar-refractivity contribution < 1.29 is 24.1 Å². The molecule has 1 saturated heterocycles. The maximum atomic E-state index is 12.1. The minimum absolute atomic E-state index is 0.0420. The van der Waals surface area contributed by atoms with Gasteiger partial charge in [0.05, 0.1) is 30.6 Å². The molecule has 1 aliphatic heterocycles. The standard InChI is InChI=1S/C30H36N6O5/c1-30(2,3)41-29(38)33-23(20-37)19-35-16-14-25(34-35)21-7-10-24(11-8-21)40-27-12-9-22(18-31-27)26-13-15-32-36(26)28-6-4-5-17-39-28/h7-16,18,23,28,37H,4-6,17,19-20H2,1-3H3,(H,33,38)/t23-,28?/m0/s1. The molecule has 5 rings (SSSR count). The predicted molar refractivity (Wildman–Crippen MR) is 152 cm³/mol. The van der Waals surface area contributed by atoms with E-state index in [1.165, 1.54) is 0 Å². The van der Waals surface area contributed by atoms with E-state index in [1.54, 1.807) is 44.0 Å². The van der Waals surface area contributed by atoms with Crippen molar-refractivity contribution in [1.82, 2.24) is 29.9 Å². The number of aliphatic hydroxyl groups excluding tert-OH is 1. The Morgan fingerprint density at radius 3 is 2.61 bits per heavy atom. The summed E-state index contributed by atoms with van der Waals surface area (Å²) in [6, 6.07) is 14.7. The van der Waals surface area contributed by atoms with Crippen LogP contribution in [0.1, 0.15) is 46.3 Å². The molecule has 0 saturated carbocycles. The molecule has 3 aromatic heterocycles. The molecule has 2 N–H and O–H groups in total. The zero-order chi connectivity index (χ0) is 28.8. The van der Waals surface area contributed by atoms with E-state index in [0.717, 1.165) is 48.4 Å². The van der Waals surface area contributed by atoms with Crippen LogP contribution in [0.4, 0.5) is 4.79 Å². The number of rotatable bonds is 9. The number of pyridine rings is 1. The van der Waals surface area contributed by atoms with E-state index in [-0.39, 0.29) is 12.8 Å². The first-order valence-corrected chi connectivity index (χ1v) is 13.8. The van der Waals surface area contributed by atoms with Gasteiger partial charge in [-0.15, -0.1) is 0 Å². The number of carbonyl (C=O) groups excluding carboxylic acids is 1. The lowest BCUT2D eigenvalue weighted by atomic mass is 10.1. The molecule has 1 aromatic carbocycles. The van der Waals surface area contributed by atoms with Crippen LogP contribution in [0.5, 0.6) is 11.6 Å². The molecule has 4 heterocycles. The average Bonchev–Trinajstić information content (AvgIpc) is 3.63. The minimum atomic E-state index is -0.618. The van der Waals surface area contributed by atoms with E-state index in [0.29, 0.717) is 18.2 Å². The van der Waals surface area contributed by atoms with Gasteiger partial charge in [-0.2, -0.15) is 10.2 Å². The minimum Gasteiger partial charge on any atom is -0.444 e. The van der Waals surface area contributed by atoms with E-state index >= 15 is 0 Å². The third-order valence-electron chi connectivity index (χ3n) is 6.49. The lowest BCUT2D eigenvalue weighted by Crippen LogP contribution is -2.43. The van der Waals surface area contributed by atoms with Crippen LogP contribution >= 0.6 is 0 Å². The summed E-state index contributed by atoms with van der Waals surface area (Å²) in [5.74, 6) is 1.13. The first-order chi connectivity index (χ1) is 19.8. The summed E-state index contributed by atoms with van der Waals surface area (Å²) < 4.78 is 20.7. The number of nitrogens with one attached hydrogen (secondary N) is 1. The number of aromatic nitrogens is 5. The molecule has 11 nitrogen and oxygen atoms in total. The number of carbonyl (C=O) groups is 1. The Hall–Kier alpha value is -4.22. The highest BCUT2D eigenvalue weighted by Crippen LogP contribution is 2.29. The number of alkyl carbamates (subject to hydrolysis) is 1. The fraction of sp³-hybridized carbons (Fsp3) is 0.400. The van der Waals surface area contributed by atoms with E-state index in [1.807, 2.05) is 53.2 Å². The topological polar surface area (TPSA) is 126 Å². The fourth-order valence-electron chi connectivity index (χ4n) is 4.56. The highest BCUT2D eigenvalue weighted by molar-refractivity contribution is 5.68. The van der Waals surface area contributed by atoms with Gasteiger partial charge >= 0.3 is 6.09 Å². The number of benzene rings is 1. The Morgan fingerprint density at radius 2 is 1.93 bits per heavy atom. The van der Waals surface area contributed by atoms with Crippen molar-refractivity contribution in [3.05, 3.63) is 67.1 Å². The third kappa shape index (κ3) is 7.50. The smallest absolute Gasteiger partial charge is 0.408 e. The van der Waals surface area contributed by atoms with Crippen LogP contribution in [0.25, 0.3) is 22.5 Å². The maximum absolute atomic E-state index is 12.1. The van der Waals surface area contributed by atoms with Gasteiger partial charge in [-0.3, -0.25) is 4.68 Å². The molecule has 4 aromatic rings. The second-order valence-corrected chi connectivity index (χ2v) is 10.9. The molecule has 11 heteroatoms. The van der Waals surface area contributed by atoms with Gasteiger partial charge in [-0.1, -0.05) is 0 Å². The first kappa shape index (κ1) is 28.3. The Morgan fingerprint density at radius 1 is 1.12 bits per heavy atom. The van der Waals surface area contributed by atoms with Crippen LogP contribution in [0, 0.1) is 0 Å². The van der Waals surface area contributed by atoms with Crippen molar-refractivity contribution in [2.24, 2.45) is 0 Å². The van der Waals surface area contributed by atoms with E-state index in [2.05, 4.69) is 20.5 Å². The lowest BCUT2D eigenvalue weighted by Gasteiger charge is -2.24. The van der Waals surface area contributed by atoms with Crippen molar-refractivity contribution in [2.45, 2.75) is 64.4 Å². The van der Waals surface area contributed by atoms with E-state index in [9.17, 15) is 9.90 Å². The average molecular weight is 561 g/mol. The largest absolute Gasteiger partial charge is 0.444 e. The van der Waals surface area contributed by atoms with Crippen molar-refractivity contribution in [2.75, 3.05) is 13.2 Å². The summed E-state index contributed by atoms with van der Waals surface area (Å²) in [7, 11) is 0. The van der Waals surface area contributed by atoms with Gasteiger partial charge in [0.15, 0.2) is 6.23 Å². The molecule has 41 heavy (non-hydrogen) atoms. The number of ether oxygens (including phenoxy) is 3. The van der Waals surface area contributed by atoms with Gasteiger partial charge < -0.3 is 24.6 Å². The second-order valence-electron chi connectivity index (χ2n) is 10.9. The number of hydrogen-bond donors (Lipinski definition) is 2. The number of nitrogens with zero attached hydrogens (tertiary/aromatic N) is 5. The van der Waals surface area contributed by atoms with Crippen LogP contribution in [0.2, 0.25) is 0 Å². The zero-order valence-corrected chi connectivity index (χ0v) is 23.6. The Labute approximate surface area is 239 Å². The number of hydrogen-bond acceptors (Lipinski definition) is 8. The molecule has 0 radical (unpaired) electrons. The molecule has 1 fully saturated rings. The monoisotopic (exact) mass is 560 g/mol. The van der Waals surface area contributed by atoms with Crippen molar-refractivity contribution in [3.8, 4) is 34.1 Å². The molecular weight excluding hydrogens is 524 g/mol. The maximum Gasteiger partial charge on any atom is 0.408 e. The quantitative estimate of drug-likeness (QED) is 0.287. The first-order valence-electron chi connectivity index (χ1n) is 13.8. The molecule has 0 spiro atoms. The Kier molecular flexibility index (Phi) is 8.65. The molecule has 216 valence electrons. The van der Waals surface area contributed by atoms with Crippen LogP contribution in [0.3, 0.4) is 0 Å². The fourth-order valence-corrected chi connectivity index (χ4v) is 4.56. The van der Waals surface area contributed by atoms with Gasteiger partial charge in [-0.25, -0.2) is 14.5 Å². The highest BCUT2D eigenvalue weighted by Gasteiger charge is 2.21. The van der Waals surface area contributed by atoms with Crippen LogP contribution in [-0.4, -0.2) is 60.6 Å². The van der Waals surface area contributed by atoms with Gasteiger partial charge in [0, 0.05) is 42.4 Å². The zero-order valence-electron chi connectivity index (χ0n) is 23.6. The van der Waals surface area contributed by atoms with Crippen molar-refractivity contribution in [1.29, 1.82) is 0 Å². The normalized spacial score (nSPS) is 16.2. The van der Waals surface area contributed by atoms with Crippen molar-refractivity contribution >= 4 is 6.09 Å². The summed E-state index contributed by atoms with van der Waals surface area (Å²) in [6.07, 6.45) is 7.92. The third-order valence-corrected chi connectivity index (χ3v) is 6.49. The Balaban J connectivity index is 1.18. The van der Waals surface area contributed by atoms with Crippen molar-refractivity contribution in [3.63, 3.8) is 0 Å². The second kappa shape index (κ2) is 12.5. The van der Waals surface area contributed by atoms with Crippen LogP contribution < -0.4 is 10.1 Å². The Bertz CT molecular complexity index is 1420. The summed E-state index contributed by atoms with van der Waals surface area (Å²) in [5, 5.41) is 21.4. The summed E-state index contributed by atoms with van der Waals surface area (Å²) >= 11 is 0. The van der Waals surface area contributed by atoms with Gasteiger partial charge in [-0.05, 0) is 82.5 Å². The SMILES string of the molecule is CC(C)(C)OC(=O)N[C@H](CO)Cn1ccc(-c2ccc(Oc3ccc(-c4ccnn4C4CCCCO4)cn3)cc2)n1. The van der Waals surface area contributed by atoms with E-state index in [4.69, 9.17) is 14.2 Å². The molecule has 1 aliphatic rings. The molecule has 1 unspecified atom stereocenters. The van der Waals surface area contributed by atoms with Crippen LogP contribution in [0.15, 0.2) is 67.1 Å². The molecule has 0 aliphatic carbocycles. The summed E-state index contributed by atoms with van der Waals surface area (Å²) in [6.45, 7) is 6.17. The number of amides is 1. The lowest BCUT2D eigenvalue weighted by molar-refractivity contribution is -0.0383. The molecule has 1 amide bonds. The highest BCUT2D eigenvalue weighted by atomic mass is 16.6. The summed E-state index contributed by atoms with van der Waals surface area (Å²) in [4.78, 5) is 16.5. The van der Waals surface area contributed by atoms with Crippen LogP contribution in [-0.2, 0) is 16.0 Å². The van der Waals surface area contributed by atoms with Gasteiger partial charge in [0.25, 0.3) is 0 Å².